The van der Waals surface area contributed by atoms with Gasteiger partial charge in [-0.1, -0.05) is 12.2 Å². The van der Waals surface area contributed by atoms with Gasteiger partial charge >= 0.3 is 5.97 Å². The van der Waals surface area contributed by atoms with Crippen molar-refractivity contribution in [3.05, 3.63) is 35.2 Å². The summed E-state index contributed by atoms with van der Waals surface area (Å²) in [6.07, 6.45) is 4.88. The molecule has 0 aliphatic heterocycles. The molecule has 4 heteroatoms. The Kier molecular flexibility index (Phi) is 3.65. The zero-order valence-corrected chi connectivity index (χ0v) is 8.45. The van der Waals surface area contributed by atoms with E-state index in [4.69, 9.17) is 16.7 Å². The minimum atomic E-state index is -1.03. The van der Waals surface area contributed by atoms with E-state index in [1.54, 1.807) is 18.2 Å². The Morgan fingerprint density at radius 2 is 2.43 bits per heavy atom. The molecule has 14 heavy (non-hydrogen) atoms. The topological polar surface area (TPSA) is 50.2 Å². The SMILES string of the molecule is Cc1cnc(C(=O)O)c(C=CCCl)c1. The number of hydrogen-bond acceptors (Lipinski definition) is 2. The summed E-state index contributed by atoms with van der Waals surface area (Å²) in [5.74, 6) is -0.674. The molecule has 0 amide bonds. The van der Waals surface area contributed by atoms with Crippen LogP contribution in [0.2, 0.25) is 0 Å². The van der Waals surface area contributed by atoms with E-state index in [0.717, 1.165) is 5.56 Å². The Hall–Kier alpha value is -1.35. The van der Waals surface area contributed by atoms with E-state index in [0.29, 0.717) is 11.4 Å². The Balaban J connectivity index is 3.15. The van der Waals surface area contributed by atoms with Gasteiger partial charge in [0.15, 0.2) is 5.69 Å². The third kappa shape index (κ3) is 2.57. The van der Waals surface area contributed by atoms with Crippen LogP contribution < -0.4 is 0 Å². The summed E-state index contributed by atoms with van der Waals surface area (Å²) in [5.41, 5.74) is 1.55. The van der Waals surface area contributed by atoms with E-state index in [2.05, 4.69) is 4.98 Å². The molecule has 74 valence electrons. The lowest BCUT2D eigenvalue weighted by Gasteiger charge is -2.00. The van der Waals surface area contributed by atoms with E-state index in [1.807, 2.05) is 6.92 Å². The lowest BCUT2D eigenvalue weighted by atomic mass is 10.1. The fourth-order valence-corrected chi connectivity index (χ4v) is 1.16. The monoisotopic (exact) mass is 211 g/mol. The highest BCUT2D eigenvalue weighted by atomic mass is 35.5. The second-order valence-electron chi connectivity index (χ2n) is 2.81. The van der Waals surface area contributed by atoms with Crippen LogP contribution in [-0.2, 0) is 0 Å². The van der Waals surface area contributed by atoms with Crippen LogP contribution in [0.4, 0.5) is 0 Å². The molecule has 0 atom stereocenters. The summed E-state index contributed by atoms with van der Waals surface area (Å²) in [4.78, 5) is 14.6. The molecule has 0 unspecified atom stereocenters. The van der Waals surface area contributed by atoms with E-state index < -0.39 is 5.97 Å². The Bertz CT molecular complexity index is 374. The summed E-state index contributed by atoms with van der Waals surface area (Å²) in [5, 5.41) is 8.83. The molecule has 1 aromatic rings. The number of nitrogens with zero attached hydrogens (tertiary/aromatic N) is 1. The van der Waals surface area contributed by atoms with Crippen molar-refractivity contribution in [1.29, 1.82) is 0 Å². The fraction of sp³-hybridized carbons (Fsp3) is 0.200. The smallest absolute Gasteiger partial charge is 0.355 e. The van der Waals surface area contributed by atoms with Gasteiger partial charge in [0.25, 0.3) is 0 Å². The number of aromatic carboxylic acids is 1. The second kappa shape index (κ2) is 4.77. The first kappa shape index (κ1) is 10.7. The van der Waals surface area contributed by atoms with Gasteiger partial charge in [0.1, 0.15) is 0 Å². The lowest BCUT2D eigenvalue weighted by molar-refractivity contribution is 0.0690. The molecule has 0 radical (unpaired) electrons. The summed E-state index contributed by atoms with van der Waals surface area (Å²) in [7, 11) is 0. The molecular weight excluding hydrogens is 202 g/mol. The highest BCUT2D eigenvalue weighted by molar-refractivity contribution is 6.19. The van der Waals surface area contributed by atoms with E-state index >= 15 is 0 Å². The van der Waals surface area contributed by atoms with Crippen molar-refractivity contribution in [3.8, 4) is 0 Å². The Labute approximate surface area is 87.0 Å². The zero-order chi connectivity index (χ0) is 10.6. The number of aryl methyl sites for hydroxylation is 1. The number of hydrogen-bond donors (Lipinski definition) is 1. The number of rotatable bonds is 3. The fourth-order valence-electron chi connectivity index (χ4n) is 1.07. The van der Waals surface area contributed by atoms with Crippen LogP contribution in [0.3, 0.4) is 0 Å². The standard InChI is InChI=1S/C10H10ClNO2/c1-7-5-8(3-2-4-11)9(10(13)14)12-6-7/h2-3,5-6H,4H2,1H3,(H,13,14). The maximum Gasteiger partial charge on any atom is 0.355 e. The van der Waals surface area contributed by atoms with Crippen molar-refractivity contribution < 1.29 is 9.90 Å². The van der Waals surface area contributed by atoms with Crippen molar-refractivity contribution in [3.63, 3.8) is 0 Å². The van der Waals surface area contributed by atoms with Gasteiger partial charge in [-0.2, -0.15) is 0 Å². The maximum absolute atomic E-state index is 10.8. The minimum absolute atomic E-state index is 0.0527. The highest BCUT2D eigenvalue weighted by Gasteiger charge is 2.08. The minimum Gasteiger partial charge on any atom is -0.476 e. The number of halogens is 1. The van der Waals surface area contributed by atoms with Gasteiger partial charge in [0.05, 0.1) is 0 Å². The first-order valence-electron chi connectivity index (χ1n) is 4.07. The molecule has 0 aromatic carbocycles. The van der Waals surface area contributed by atoms with Crippen LogP contribution in [-0.4, -0.2) is 21.9 Å². The molecule has 0 spiro atoms. The maximum atomic E-state index is 10.8. The Morgan fingerprint density at radius 3 is 3.00 bits per heavy atom. The molecule has 0 bridgehead atoms. The molecule has 0 saturated heterocycles. The molecule has 1 N–H and O–H groups in total. The van der Waals surface area contributed by atoms with Gasteiger partial charge in [-0.15, -0.1) is 11.6 Å². The lowest BCUT2D eigenvalue weighted by Crippen LogP contribution is -2.03. The molecule has 0 fully saturated rings. The number of aromatic nitrogens is 1. The Morgan fingerprint density at radius 1 is 1.71 bits per heavy atom. The normalized spacial score (nSPS) is 10.7. The number of pyridine rings is 1. The van der Waals surface area contributed by atoms with Gasteiger partial charge in [-0.3, -0.25) is 0 Å². The first-order valence-corrected chi connectivity index (χ1v) is 4.61. The van der Waals surface area contributed by atoms with Crippen LogP contribution >= 0.6 is 11.6 Å². The third-order valence-electron chi connectivity index (χ3n) is 1.64. The molecular formula is C10H10ClNO2. The number of carbonyl (C=O) groups is 1. The summed E-state index contributed by atoms with van der Waals surface area (Å²) < 4.78 is 0. The van der Waals surface area contributed by atoms with Gasteiger partial charge < -0.3 is 5.11 Å². The van der Waals surface area contributed by atoms with Gasteiger partial charge in [-0.25, -0.2) is 9.78 Å². The van der Waals surface area contributed by atoms with Crippen molar-refractivity contribution in [2.24, 2.45) is 0 Å². The van der Waals surface area contributed by atoms with Gasteiger partial charge in [0, 0.05) is 17.6 Å². The molecule has 0 aliphatic carbocycles. The van der Waals surface area contributed by atoms with Crippen molar-refractivity contribution in [1.82, 2.24) is 4.98 Å². The van der Waals surface area contributed by atoms with Crippen molar-refractivity contribution in [2.75, 3.05) is 5.88 Å². The average Bonchev–Trinajstić information content (AvgIpc) is 2.14. The van der Waals surface area contributed by atoms with Crippen LogP contribution in [0.25, 0.3) is 6.08 Å². The number of allylic oxidation sites excluding steroid dienone is 1. The highest BCUT2D eigenvalue weighted by Crippen LogP contribution is 2.10. The van der Waals surface area contributed by atoms with Crippen molar-refractivity contribution >= 4 is 23.6 Å². The van der Waals surface area contributed by atoms with Gasteiger partial charge in [0.2, 0.25) is 0 Å². The van der Waals surface area contributed by atoms with E-state index in [9.17, 15) is 4.79 Å². The zero-order valence-electron chi connectivity index (χ0n) is 7.70. The molecule has 1 aromatic heterocycles. The summed E-state index contributed by atoms with van der Waals surface area (Å²) in [6.45, 7) is 1.86. The quantitative estimate of drug-likeness (QED) is 0.781. The van der Waals surface area contributed by atoms with Crippen LogP contribution in [0, 0.1) is 6.92 Å². The van der Waals surface area contributed by atoms with Crippen molar-refractivity contribution in [2.45, 2.75) is 6.92 Å². The predicted octanol–water partition coefficient (Wildman–Crippen LogP) is 2.34. The largest absolute Gasteiger partial charge is 0.476 e. The van der Waals surface area contributed by atoms with Gasteiger partial charge in [-0.05, 0) is 18.6 Å². The molecule has 1 heterocycles. The van der Waals surface area contributed by atoms with Crippen LogP contribution in [0.5, 0.6) is 0 Å². The second-order valence-corrected chi connectivity index (χ2v) is 3.12. The molecule has 0 saturated carbocycles. The molecule has 0 aliphatic rings. The number of alkyl halides is 1. The van der Waals surface area contributed by atoms with E-state index in [-0.39, 0.29) is 5.69 Å². The third-order valence-corrected chi connectivity index (χ3v) is 1.82. The summed E-state index contributed by atoms with van der Waals surface area (Å²) >= 11 is 5.47. The van der Waals surface area contributed by atoms with Crippen LogP contribution in [0.1, 0.15) is 21.6 Å². The predicted molar refractivity (Wildman–Crippen MR) is 55.7 cm³/mol. The first-order chi connectivity index (χ1) is 6.65. The van der Waals surface area contributed by atoms with E-state index in [1.165, 1.54) is 6.20 Å². The van der Waals surface area contributed by atoms with Crippen LogP contribution in [0.15, 0.2) is 18.3 Å². The number of carboxylic acids is 1. The molecule has 3 nitrogen and oxygen atoms in total. The number of carboxylic acid groups (broad SMARTS) is 1. The summed E-state index contributed by atoms with van der Waals surface area (Å²) in [6, 6.07) is 1.76. The average molecular weight is 212 g/mol. The molecule has 1 rings (SSSR count).